The van der Waals surface area contributed by atoms with Gasteiger partial charge in [0, 0.05) is 37.2 Å². The maximum atomic E-state index is 12.4. The van der Waals surface area contributed by atoms with Gasteiger partial charge in [0.1, 0.15) is 24.1 Å². The lowest BCUT2D eigenvalue weighted by Gasteiger charge is -2.14. The summed E-state index contributed by atoms with van der Waals surface area (Å²) in [6.07, 6.45) is 3.06. The minimum Gasteiger partial charge on any atom is -0.492 e. The van der Waals surface area contributed by atoms with E-state index >= 15 is 0 Å². The van der Waals surface area contributed by atoms with Gasteiger partial charge in [-0.25, -0.2) is 4.98 Å². The molecule has 27 heavy (non-hydrogen) atoms. The third-order valence-electron chi connectivity index (χ3n) is 3.85. The van der Waals surface area contributed by atoms with E-state index < -0.39 is 0 Å². The van der Waals surface area contributed by atoms with Gasteiger partial charge in [0.05, 0.1) is 11.3 Å². The van der Waals surface area contributed by atoms with Gasteiger partial charge in [-0.15, -0.1) is 0 Å². The molecule has 0 saturated carbocycles. The summed E-state index contributed by atoms with van der Waals surface area (Å²) in [4.78, 5) is 16.3. The molecule has 0 fully saturated rings. The van der Waals surface area contributed by atoms with Crippen molar-refractivity contribution in [2.45, 2.75) is 0 Å². The van der Waals surface area contributed by atoms with Gasteiger partial charge in [0.2, 0.25) is 0 Å². The van der Waals surface area contributed by atoms with E-state index in [2.05, 4.69) is 15.4 Å². The summed E-state index contributed by atoms with van der Waals surface area (Å²) in [5.41, 5.74) is 8.38. The van der Waals surface area contributed by atoms with Gasteiger partial charge in [-0.3, -0.25) is 9.48 Å². The number of carbonyl (C=O) groups is 1. The van der Waals surface area contributed by atoms with Crippen molar-refractivity contribution in [2.75, 3.05) is 18.5 Å². The molecule has 0 bridgehead atoms. The lowest BCUT2D eigenvalue weighted by atomic mass is 10.1. The maximum Gasteiger partial charge on any atom is 0.257 e. The quantitative estimate of drug-likeness (QED) is 0.692. The van der Waals surface area contributed by atoms with Crippen molar-refractivity contribution in [1.29, 1.82) is 5.26 Å². The zero-order valence-electron chi connectivity index (χ0n) is 14.7. The van der Waals surface area contributed by atoms with E-state index in [4.69, 9.17) is 15.7 Å². The number of aromatic nitrogens is 3. The van der Waals surface area contributed by atoms with Crippen LogP contribution in [0.1, 0.15) is 16.1 Å². The predicted molar refractivity (Wildman–Crippen MR) is 100 cm³/mol. The molecule has 1 amide bonds. The Balaban J connectivity index is 1.88. The van der Waals surface area contributed by atoms with E-state index in [-0.39, 0.29) is 11.6 Å². The van der Waals surface area contributed by atoms with Gasteiger partial charge >= 0.3 is 0 Å². The van der Waals surface area contributed by atoms with Crippen molar-refractivity contribution in [2.24, 2.45) is 12.8 Å². The molecule has 1 aromatic carbocycles. The fourth-order valence-corrected chi connectivity index (χ4v) is 2.54. The van der Waals surface area contributed by atoms with Crippen molar-refractivity contribution >= 4 is 11.6 Å². The molecule has 0 saturated heterocycles. The molecule has 0 unspecified atom stereocenters. The third-order valence-corrected chi connectivity index (χ3v) is 3.85. The maximum absolute atomic E-state index is 12.4. The van der Waals surface area contributed by atoms with Gasteiger partial charge in [0.15, 0.2) is 0 Å². The Morgan fingerprint density at radius 1 is 1.33 bits per heavy atom. The molecule has 0 radical (unpaired) electrons. The molecular formula is C19H18N6O2. The van der Waals surface area contributed by atoms with Crippen molar-refractivity contribution in [3.8, 4) is 23.1 Å². The van der Waals surface area contributed by atoms with E-state index in [9.17, 15) is 4.79 Å². The summed E-state index contributed by atoms with van der Waals surface area (Å²) >= 11 is 0. The number of nitrogens with two attached hydrogens (primary N) is 1. The van der Waals surface area contributed by atoms with Crippen molar-refractivity contribution < 1.29 is 9.53 Å². The number of carbonyl (C=O) groups excluding carboxylic acids is 1. The highest BCUT2D eigenvalue weighted by Gasteiger charge is 2.13. The standard InChI is InChI=1S/C19H18N6O2/c1-25-17(6-8-23-25)16-10-14(4-5-18(16)27-9-7-20)24-19(26)13-2-3-15(11-21)22-12-13/h2-6,8,10,12H,7,9,20H2,1H3,(H,24,26). The van der Waals surface area contributed by atoms with Gasteiger partial charge in [-0.1, -0.05) is 0 Å². The molecule has 0 spiro atoms. The number of nitrogens with one attached hydrogen (secondary N) is 1. The molecular weight excluding hydrogens is 344 g/mol. The van der Waals surface area contributed by atoms with Gasteiger partial charge in [0.25, 0.3) is 5.91 Å². The van der Waals surface area contributed by atoms with Crippen molar-refractivity contribution in [3.63, 3.8) is 0 Å². The van der Waals surface area contributed by atoms with Gasteiger partial charge in [-0.2, -0.15) is 10.4 Å². The summed E-state index contributed by atoms with van der Waals surface area (Å²) in [6, 6.07) is 12.2. The second-order valence-electron chi connectivity index (χ2n) is 5.69. The van der Waals surface area contributed by atoms with Crippen LogP contribution in [0.25, 0.3) is 11.3 Å². The summed E-state index contributed by atoms with van der Waals surface area (Å²) in [5.74, 6) is 0.334. The number of nitrogens with zero attached hydrogens (tertiary/aromatic N) is 4. The lowest BCUT2D eigenvalue weighted by molar-refractivity contribution is 0.102. The first-order valence-electron chi connectivity index (χ1n) is 8.25. The number of hydrogen-bond donors (Lipinski definition) is 2. The smallest absolute Gasteiger partial charge is 0.257 e. The number of anilines is 1. The first kappa shape index (κ1) is 18.1. The monoisotopic (exact) mass is 362 g/mol. The first-order valence-corrected chi connectivity index (χ1v) is 8.25. The van der Waals surface area contributed by atoms with E-state index in [0.29, 0.717) is 30.2 Å². The molecule has 136 valence electrons. The number of rotatable bonds is 6. The number of amides is 1. The molecule has 0 aliphatic heterocycles. The number of nitriles is 1. The molecule has 0 aliphatic rings. The highest BCUT2D eigenvalue weighted by molar-refractivity contribution is 6.04. The van der Waals surface area contributed by atoms with Crippen LogP contribution in [0.15, 0.2) is 48.8 Å². The molecule has 0 atom stereocenters. The molecule has 3 aromatic rings. The predicted octanol–water partition coefficient (Wildman–Crippen LogP) is 1.94. The topological polar surface area (TPSA) is 119 Å². The molecule has 2 heterocycles. The molecule has 3 N–H and O–H groups in total. The summed E-state index contributed by atoms with van der Waals surface area (Å²) in [6.45, 7) is 0.780. The minimum atomic E-state index is -0.321. The zero-order valence-corrected chi connectivity index (χ0v) is 14.7. The second-order valence-corrected chi connectivity index (χ2v) is 5.69. The minimum absolute atomic E-state index is 0.256. The number of aryl methyl sites for hydroxylation is 1. The van der Waals surface area contributed by atoms with Crippen LogP contribution in [-0.4, -0.2) is 33.8 Å². The van der Waals surface area contributed by atoms with Crippen molar-refractivity contribution in [3.05, 3.63) is 60.0 Å². The Kier molecular flexibility index (Phi) is 5.44. The Hall–Kier alpha value is -3.70. The Morgan fingerprint density at radius 2 is 2.19 bits per heavy atom. The SMILES string of the molecule is Cn1nccc1-c1cc(NC(=O)c2ccc(C#N)nc2)ccc1OCCN. The lowest BCUT2D eigenvalue weighted by Crippen LogP contribution is -2.13. The average Bonchev–Trinajstić information content (AvgIpc) is 3.12. The Morgan fingerprint density at radius 3 is 2.81 bits per heavy atom. The van der Waals surface area contributed by atoms with Crippen LogP contribution in [0.5, 0.6) is 5.75 Å². The second kappa shape index (κ2) is 8.12. The third kappa shape index (κ3) is 4.11. The summed E-state index contributed by atoms with van der Waals surface area (Å²) < 4.78 is 7.44. The average molecular weight is 362 g/mol. The van der Waals surface area contributed by atoms with Crippen LogP contribution >= 0.6 is 0 Å². The fourth-order valence-electron chi connectivity index (χ4n) is 2.54. The van der Waals surface area contributed by atoms with Crippen LogP contribution < -0.4 is 15.8 Å². The van der Waals surface area contributed by atoms with E-state index in [1.54, 1.807) is 29.1 Å². The molecule has 0 aliphatic carbocycles. The largest absolute Gasteiger partial charge is 0.492 e. The Labute approximate surface area is 156 Å². The fraction of sp³-hybridized carbons (Fsp3) is 0.158. The van der Waals surface area contributed by atoms with Crippen molar-refractivity contribution in [1.82, 2.24) is 14.8 Å². The Bertz CT molecular complexity index is 988. The summed E-state index contributed by atoms with van der Waals surface area (Å²) in [7, 11) is 1.83. The van der Waals surface area contributed by atoms with Gasteiger partial charge in [-0.05, 0) is 36.4 Å². The van der Waals surface area contributed by atoms with Crippen LogP contribution in [0, 0.1) is 11.3 Å². The number of pyridine rings is 1. The van der Waals surface area contributed by atoms with Crippen LogP contribution in [0.4, 0.5) is 5.69 Å². The zero-order chi connectivity index (χ0) is 19.2. The van der Waals surface area contributed by atoms with Crippen LogP contribution in [0.3, 0.4) is 0 Å². The number of ether oxygens (including phenoxy) is 1. The van der Waals surface area contributed by atoms with Crippen LogP contribution in [-0.2, 0) is 7.05 Å². The number of hydrogen-bond acceptors (Lipinski definition) is 6. The normalized spacial score (nSPS) is 10.3. The summed E-state index contributed by atoms with van der Waals surface area (Å²) in [5, 5.41) is 15.8. The van der Waals surface area contributed by atoms with Crippen LogP contribution in [0.2, 0.25) is 0 Å². The van der Waals surface area contributed by atoms with E-state index in [1.165, 1.54) is 12.3 Å². The molecule has 3 rings (SSSR count). The highest BCUT2D eigenvalue weighted by Crippen LogP contribution is 2.32. The molecule has 8 nitrogen and oxygen atoms in total. The van der Waals surface area contributed by atoms with Gasteiger partial charge < -0.3 is 15.8 Å². The molecule has 8 heteroatoms. The number of benzene rings is 1. The first-order chi connectivity index (χ1) is 13.1. The highest BCUT2D eigenvalue weighted by atomic mass is 16.5. The molecule has 2 aromatic heterocycles. The van der Waals surface area contributed by atoms with E-state index in [1.807, 2.05) is 25.2 Å². The van der Waals surface area contributed by atoms with E-state index in [0.717, 1.165) is 11.3 Å².